The molecule has 0 amide bonds. The smallest absolute Gasteiger partial charge is 0.0590 e. The number of benzene rings is 1. The maximum absolute atomic E-state index is 6.43. The minimum atomic E-state index is 0.135. The highest BCUT2D eigenvalue weighted by Gasteiger charge is 2.27. The molecule has 0 aliphatic heterocycles. The molecule has 2 unspecified atom stereocenters. The molecule has 0 saturated heterocycles. The Hall–Kier alpha value is -0.900. The summed E-state index contributed by atoms with van der Waals surface area (Å²) in [6, 6.07) is 9.51. The molecule has 3 heteroatoms. The van der Waals surface area contributed by atoms with Crippen molar-refractivity contribution in [2.45, 2.75) is 52.2 Å². The van der Waals surface area contributed by atoms with Crippen LogP contribution in [0.5, 0.6) is 0 Å². The van der Waals surface area contributed by atoms with Gasteiger partial charge in [0.25, 0.3) is 0 Å². The van der Waals surface area contributed by atoms with E-state index in [9.17, 15) is 0 Å². The van der Waals surface area contributed by atoms with Gasteiger partial charge in [-0.2, -0.15) is 0 Å². The number of methoxy groups -OCH3 is 1. The summed E-state index contributed by atoms with van der Waals surface area (Å²) < 4.78 is 5.26. The van der Waals surface area contributed by atoms with Gasteiger partial charge in [0.05, 0.1) is 12.6 Å². The Kier molecular flexibility index (Phi) is 7.20. The molecular weight excluding hydrogens is 248 g/mol. The van der Waals surface area contributed by atoms with Gasteiger partial charge in [-0.05, 0) is 32.8 Å². The van der Waals surface area contributed by atoms with E-state index in [0.717, 1.165) is 19.6 Å². The largest absolute Gasteiger partial charge is 0.383 e. The minimum Gasteiger partial charge on any atom is -0.383 e. The average molecular weight is 278 g/mol. The first-order valence-corrected chi connectivity index (χ1v) is 7.58. The Bertz CT molecular complexity index is 392. The lowest BCUT2D eigenvalue weighted by Crippen LogP contribution is -2.45. The van der Waals surface area contributed by atoms with Crippen molar-refractivity contribution in [3.05, 3.63) is 35.4 Å². The van der Waals surface area contributed by atoms with Gasteiger partial charge in [0.2, 0.25) is 0 Å². The van der Waals surface area contributed by atoms with E-state index in [-0.39, 0.29) is 12.1 Å². The number of aryl methyl sites for hydroxylation is 1. The van der Waals surface area contributed by atoms with Crippen LogP contribution in [0.3, 0.4) is 0 Å². The van der Waals surface area contributed by atoms with Gasteiger partial charge < -0.3 is 10.5 Å². The van der Waals surface area contributed by atoms with E-state index in [1.165, 1.54) is 11.1 Å². The van der Waals surface area contributed by atoms with Gasteiger partial charge in [-0.1, -0.05) is 36.8 Å². The monoisotopic (exact) mass is 278 g/mol. The first kappa shape index (κ1) is 17.2. The molecule has 0 saturated carbocycles. The fraction of sp³-hybridized carbons (Fsp3) is 0.647. The van der Waals surface area contributed by atoms with Crippen LogP contribution in [0.25, 0.3) is 0 Å². The highest BCUT2D eigenvalue weighted by Crippen LogP contribution is 2.27. The quantitative estimate of drug-likeness (QED) is 0.794. The Morgan fingerprint density at radius 3 is 2.50 bits per heavy atom. The number of hydrogen-bond acceptors (Lipinski definition) is 3. The maximum atomic E-state index is 6.43. The van der Waals surface area contributed by atoms with Crippen LogP contribution >= 0.6 is 0 Å². The van der Waals surface area contributed by atoms with Gasteiger partial charge >= 0.3 is 0 Å². The van der Waals surface area contributed by atoms with Gasteiger partial charge in [0.1, 0.15) is 0 Å². The molecule has 1 rings (SSSR count). The van der Waals surface area contributed by atoms with Crippen molar-refractivity contribution in [1.29, 1.82) is 0 Å². The van der Waals surface area contributed by atoms with Gasteiger partial charge in [-0.25, -0.2) is 0 Å². The Labute approximate surface area is 124 Å². The zero-order valence-electron chi connectivity index (χ0n) is 13.6. The first-order chi connectivity index (χ1) is 9.51. The van der Waals surface area contributed by atoms with Crippen LogP contribution in [0.1, 0.15) is 44.4 Å². The first-order valence-electron chi connectivity index (χ1n) is 7.58. The fourth-order valence-electron chi connectivity index (χ4n) is 2.68. The molecular formula is C17H30N2O. The summed E-state index contributed by atoms with van der Waals surface area (Å²) in [5.41, 5.74) is 9.02. The maximum Gasteiger partial charge on any atom is 0.0590 e. The normalized spacial score (nSPS) is 14.8. The average Bonchev–Trinajstić information content (AvgIpc) is 2.42. The molecule has 2 N–H and O–H groups in total. The molecule has 1 aromatic carbocycles. The molecule has 0 bridgehead atoms. The lowest BCUT2D eigenvalue weighted by atomic mass is 9.94. The van der Waals surface area contributed by atoms with Crippen LogP contribution in [0.2, 0.25) is 0 Å². The zero-order valence-corrected chi connectivity index (χ0v) is 13.6. The Balaban J connectivity index is 3.08. The number of nitrogens with two attached hydrogens (primary N) is 1. The molecule has 2 atom stereocenters. The van der Waals surface area contributed by atoms with Crippen molar-refractivity contribution in [3.8, 4) is 0 Å². The van der Waals surface area contributed by atoms with Gasteiger partial charge in [-0.15, -0.1) is 0 Å². The molecule has 3 nitrogen and oxygen atoms in total. The molecule has 0 heterocycles. The minimum absolute atomic E-state index is 0.135. The van der Waals surface area contributed by atoms with E-state index in [1.54, 1.807) is 7.11 Å². The topological polar surface area (TPSA) is 38.5 Å². The van der Waals surface area contributed by atoms with E-state index < -0.39 is 0 Å². The van der Waals surface area contributed by atoms with Crippen LogP contribution in [-0.4, -0.2) is 37.2 Å². The molecule has 0 aliphatic rings. The summed E-state index contributed by atoms with van der Waals surface area (Å²) in [5, 5.41) is 0. The van der Waals surface area contributed by atoms with E-state index in [2.05, 4.69) is 56.9 Å². The van der Waals surface area contributed by atoms with E-state index in [4.69, 9.17) is 10.5 Å². The second-order valence-corrected chi connectivity index (χ2v) is 5.76. The molecule has 0 radical (unpaired) electrons. The van der Waals surface area contributed by atoms with E-state index in [0.29, 0.717) is 6.04 Å². The second-order valence-electron chi connectivity index (χ2n) is 5.76. The van der Waals surface area contributed by atoms with Crippen molar-refractivity contribution in [3.63, 3.8) is 0 Å². The predicted octanol–water partition coefficient (Wildman–Crippen LogP) is 3.13. The van der Waals surface area contributed by atoms with Gasteiger partial charge in [0, 0.05) is 25.7 Å². The van der Waals surface area contributed by atoms with Crippen LogP contribution in [-0.2, 0) is 4.74 Å². The van der Waals surface area contributed by atoms with Crippen molar-refractivity contribution < 1.29 is 4.74 Å². The van der Waals surface area contributed by atoms with Crippen LogP contribution in [0.4, 0.5) is 0 Å². The highest BCUT2D eigenvalue weighted by molar-refractivity contribution is 5.26. The summed E-state index contributed by atoms with van der Waals surface area (Å²) in [4.78, 5) is 2.45. The molecule has 0 spiro atoms. The van der Waals surface area contributed by atoms with E-state index >= 15 is 0 Å². The number of hydrogen-bond donors (Lipinski definition) is 1. The van der Waals surface area contributed by atoms with Crippen molar-refractivity contribution in [1.82, 2.24) is 4.90 Å². The standard InChI is InChI=1S/C17H30N2O/c1-6-16(18)17(15-9-7-8-14(4)12-15)19(13(2)3)10-11-20-5/h7-9,12-13,16-17H,6,10-11,18H2,1-5H3. The Morgan fingerprint density at radius 2 is 2.00 bits per heavy atom. The molecule has 0 aromatic heterocycles. The predicted molar refractivity (Wildman–Crippen MR) is 85.9 cm³/mol. The van der Waals surface area contributed by atoms with Gasteiger partial charge in [0.15, 0.2) is 0 Å². The van der Waals surface area contributed by atoms with E-state index in [1.807, 2.05) is 0 Å². The number of nitrogens with zero attached hydrogens (tertiary/aromatic N) is 1. The zero-order chi connectivity index (χ0) is 15.1. The summed E-state index contributed by atoms with van der Waals surface area (Å²) in [6.45, 7) is 10.4. The summed E-state index contributed by atoms with van der Waals surface area (Å²) in [7, 11) is 1.75. The fourth-order valence-corrected chi connectivity index (χ4v) is 2.68. The SMILES string of the molecule is CCC(N)C(c1cccc(C)c1)N(CCOC)C(C)C. The van der Waals surface area contributed by atoms with Crippen molar-refractivity contribution in [2.75, 3.05) is 20.3 Å². The van der Waals surface area contributed by atoms with Crippen LogP contribution in [0, 0.1) is 6.92 Å². The summed E-state index contributed by atoms with van der Waals surface area (Å²) in [6.07, 6.45) is 0.967. The lowest BCUT2D eigenvalue weighted by Gasteiger charge is -2.38. The second kappa shape index (κ2) is 8.40. The molecule has 20 heavy (non-hydrogen) atoms. The Morgan fingerprint density at radius 1 is 1.30 bits per heavy atom. The molecule has 114 valence electrons. The third-order valence-electron chi connectivity index (χ3n) is 3.83. The molecule has 1 aromatic rings. The van der Waals surface area contributed by atoms with Crippen LogP contribution < -0.4 is 5.73 Å². The highest BCUT2D eigenvalue weighted by atomic mass is 16.5. The number of ether oxygens (including phenoxy) is 1. The molecule has 0 fully saturated rings. The van der Waals surface area contributed by atoms with Crippen molar-refractivity contribution >= 4 is 0 Å². The third kappa shape index (κ3) is 4.58. The summed E-state index contributed by atoms with van der Waals surface area (Å²) in [5.74, 6) is 0. The summed E-state index contributed by atoms with van der Waals surface area (Å²) >= 11 is 0. The number of rotatable bonds is 8. The molecule has 0 aliphatic carbocycles. The van der Waals surface area contributed by atoms with Crippen LogP contribution in [0.15, 0.2) is 24.3 Å². The van der Waals surface area contributed by atoms with Crippen molar-refractivity contribution in [2.24, 2.45) is 5.73 Å². The lowest BCUT2D eigenvalue weighted by molar-refractivity contribution is 0.0831. The third-order valence-corrected chi connectivity index (χ3v) is 3.83. The van der Waals surface area contributed by atoms with Gasteiger partial charge in [-0.3, -0.25) is 4.90 Å².